The van der Waals surface area contributed by atoms with E-state index >= 15 is 0 Å². The van der Waals surface area contributed by atoms with E-state index in [4.69, 9.17) is 0 Å². The molecule has 10 nitrogen and oxygen atoms in total. The SMILES string of the molecule is O=C1CN(S(=O)(=O)c2cccc(NC(=O)CCN3C(=O)c4ccccc4C3=O)c2)CCN1. The van der Waals surface area contributed by atoms with Crippen LogP contribution in [0, 0.1) is 0 Å². The summed E-state index contributed by atoms with van der Waals surface area (Å²) in [4.78, 5) is 49.7. The fourth-order valence-corrected chi connectivity index (χ4v) is 5.03. The zero-order valence-electron chi connectivity index (χ0n) is 16.9. The summed E-state index contributed by atoms with van der Waals surface area (Å²) in [5.41, 5.74) is 0.865. The number of anilines is 1. The van der Waals surface area contributed by atoms with Crippen molar-refractivity contribution in [1.29, 1.82) is 0 Å². The number of imide groups is 1. The molecule has 2 heterocycles. The Morgan fingerprint density at radius 2 is 1.69 bits per heavy atom. The van der Waals surface area contributed by atoms with Gasteiger partial charge in [-0.2, -0.15) is 4.31 Å². The molecule has 2 aromatic rings. The van der Waals surface area contributed by atoms with E-state index in [0.29, 0.717) is 11.1 Å². The molecule has 1 saturated heterocycles. The van der Waals surface area contributed by atoms with E-state index in [1.165, 1.54) is 24.3 Å². The number of hydrogen-bond acceptors (Lipinski definition) is 6. The smallest absolute Gasteiger partial charge is 0.261 e. The van der Waals surface area contributed by atoms with Crippen molar-refractivity contribution in [1.82, 2.24) is 14.5 Å². The first-order chi connectivity index (χ1) is 15.3. The molecule has 1 fully saturated rings. The van der Waals surface area contributed by atoms with Gasteiger partial charge in [0.2, 0.25) is 21.8 Å². The Bertz CT molecular complexity index is 1190. The van der Waals surface area contributed by atoms with Crippen LogP contribution in [0.4, 0.5) is 5.69 Å². The highest BCUT2D eigenvalue weighted by Gasteiger charge is 2.35. The van der Waals surface area contributed by atoms with Crippen molar-refractivity contribution in [2.45, 2.75) is 11.3 Å². The van der Waals surface area contributed by atoms with Gasteiger partial charge in [0.1, 0.15) is 0 Å². The van der Waals surface area contributed by atoms with Gasteiger partial charge >= 0.3 is 0 Å². The molecule has 32 heavy (non-hydrogen) atoms. The molecule has 2 N–H and O–H groups in total. The summed E-state index contributed by atoms with van der Waals surface area (Å²) in [6.45, 7) is 0.0233. The van der Waals surface area contributed by atoms with Gasteiger partial charge in [-0.1, -0.05) is 18.2 Å². The lowest BCUT2D eigenvalue weighted by Crippen LogP contribution is -2.49. The minimum atomic E-state index is -3.90. The van der Waals surface area contributed by atoms with E-state index in [2.05, 4.69) is 10.6 Å². The Kier molecular flexibility index (Phi) is 5.76. The third-order valence-corrected chi connectivity index (χ3v) is 7.04. The number of nitrogens with zero attached hydrogens (tertiary/aromatic N) is 2. The second-order valence-electron chi connectivity index (χ2n) is 7.32. The van der Waals surface area contributed by atoms with Gasteiger partial charge in [-0.25, -0.2) is 8.42 Å². The molecule has 4 rings (SSSR count). The molecule has 0 bridgehead atoms. The summed E-state index contributed by atoms with van der Waals surface area (Å²) in [5.74, 6) is -1.75. The van der Waals surface area contributed by atoms with Crippen LogP contribution in [0.5, 0.6) is 0 Å². The topological polar surface area (TPSA) is 133 Å². The van der Waals surface area contributed by atoms with E-state index in [0.717, 1.165) is 9.21 Å². The number of amides is 4. The zero-order valence-corrected chi connectivity index (χ0v) is 17.7. The lowest BCUT2D eigenvalue weighted by molar-refractivity contribution is -0.122. The van der Waals surface area contributed by atoms with Crippen LogP contribution in [0.2, 0.25) is 0 Å². The number of carbonyl (C=O) groups excluding carboxylic acids is 4. The average Bonchev–Trinajstić information content (AvgIpc) is 3.02. The van der Waals surface area contributed by atoms with Crippen molar-refractivity contribution in [2.75, 3.05) is 31.5 Å². The van der Waals surface area contributed by atoms with Gasteiger partial charge in [0.25, 0.3) is 11.8 Å². The molecule has 0 saturated carbocycles. The normalized spacial score (nSPS) is 16.6. The zero-order chi connectivity index (χ0) is 22.9. The molecule has 0 aromatic heterocycles. The molecular formula is C21H20N4O6S. The van der Waals surface area contributed by atoms with E-state index in [9.17, 15) is 27.6 Å². The van der Waals surface area contributed by atoms with Gasteiger partial charge in [0.15, 0.2) is 0 Å². The molecule has 2 aromatic carbocycles. The Morgan fingerprint density at radius 3 is 2.34 bits per heavy atom. The minimum absolute atomic E-state index is 0.0506. The number of piperazine rings is 1. The highest BCUT2D eigenvalue weighted by atomic mass is 32.2. The average molecular weight is 456 g/mol. The summed E-state index contributed by atoms with van der Waals surface area (Å²) in [7, 11) is -3.90. The molecule has 0 radical (unpaired) electrons. The van der Waals surface area contributed by atoms with Gasteiger partial charge in [0.05, 0.1) is 22.6 Å². The quantitative estimate of drug-likeness (QED) is 0.606. The predicted molar refractivity (Wildman–Crippen MR) is 113 cm³/mol. The maximum absolute atomic E-state index is 12.8. The summed E-state index contributed by atoms with van der Waals surface area (Å²) < 4.78 is 26.7. The predicted octanol–water partition coefficient (Wildman–Crippen LogP) is 0.432. The molecule has 4 amide bonds. The number of carbonyl (C=O) groups is 4. The van der Waals surface area contributed by atoms with Gasteiger partial charge in [-0.05, 0) is 30.3 Å². The highest BCUT2D eigenvalue weighted by molar-refractivity contribution is 7.89. The summed E-state index contributed by atoms with van der Waals surface area (Å²) in [6.07, 6.45) is -0.144. The lowest BCUT2D eigenvalue weighted by Gasteiger charge is -2.26. The molecular weight excluding hydrogens is 436 g/mol. The summed E-state index contributed by atoms with van der Waals surface area (Å²) in [6, 6.07) is 12.2. The van der Waals surface area contributed by atoms with Gasteiger partial charge < -0.3 is 10.6 Å². The highest BCUT2D eigenvalue weighted by Crippen LogP contribution is 2.23. The fraction of sp³-hybridized carbons (Fsp3) is 0.238. The van der Waals surface area contributed by atoms with Crippen molar-refractivity contribution in [3.05, 3.63) is 59.7 Å². The van der Waals surface area contributed by atoms with Crippen LogP contribution in [-0.4, -0.2) is 67.4 Å². The van der Waals surface area contributed by atoms with Crippen LogP contribution in [0.1, 0.15) is 27.1 Å². The van der Waals surface area contributed by atoms with E-state index < -0.39 is 27.7 Å². The Balaban J connectivity index is 1.40. The van der Waals surface area contributed by atoms with E-state index in [1.807, 2.05) is 0 Å². The molecule has 0 atom stereocenters. The van der Waals surface area contributed by atoms with Crippen LogP contribution >= 0.6 is 0 Å². The third kappa shape index (κ3) is 4.12. The van der Waals surface area contributed by atoms with E-state index in [-0.39, 0.29) is 49.1 Å². The molecule has 2 aliphatic heterocycles. The summed E-state index contributed by atoms with van der Waals surface area (Å²) in [5, 5.41) is 5.16. The Hall–Kier alpha value is -3.57. The third-order valence-electron chi connectivity index (χ3n) is 5.20. The molecule has 166 valence electrons. The first-order valence-corrected chi connectivity index (χ1v) is 11.3. The minimum Gasteiger partial charge on any atom is -0.354 e. The maximum atomic E-state index is 12.8. The second-order valence-corrected chi connectivity index (χ2v) is 9.26. The first kappa shape index (κ1) is 21.7. The molecule has 0 spiro atoms. The molecule has 11 heteroatoms. The number of rotatable bonds is 6. The summed E-state index contributed by atoms with van der Waals surface area (Å²) >= 11 is 0. The van der Waals surface area contributed by atoms with Crippen molar-refractivity contribution < 1.29 is 27.6 Å². The van der Waals surface area contributed by atoms with Crippen LogP contribution in [0.3, 0.4) is 0 Å². The second kappa shape index (κ2) is 8.52. The Labute approximate surface area is 184 Å². The largest absolute Gasteiger partial charge is 0.354 e. The molecule has 2 aliphatic rings. The van der Waals surface area contributed by atoms with Crippen molar-refractivity contribution in [2.24, 2.45) is 0 Å². The van der Waals surface area contributed by atoms with Crippen molar-refractivity contribution in [3.8, 4) is 0 Å². The number of fused-ring (bicyclic) bond motifs is 1. The first-order valence-electron chi connectivity index (χ1n) is 9.89. The fourth-order valence-electron chi connectivity index (χ4n) is 3.58. The number of benzene rings is 2. The van der Waals surface area contributed by atoms with Gasteiger partial charge in [-0.15, -0.1) is 0 Å². The van der Waals surface area contributed by atoms with Crippen LogP contribution in [0.25, 0.3) is 0 Å². The monoisotopic (exact) mass is 456 g/mol. The van der Waals surface area contributed by atoms with E-state index in [1.54, 1.807) is 24.3 Å². The van der Waals surface area contributed by atoms with Gasteiger partial charge in [-0.3, -0.25) is 24.1 Å². The Morgan fingerprint density at radius 1 is 1.00 bits per heavy atom. The molecule has 0 aliphatic carbocycles. The standard InChI is InChI=1S/C21H20N4O6S/c26-18(8-10-25-20(28)16-6-1-2-7-17(16)21(25)29)23-14-4-3-5-15(12-14)32(30,31)24-11-9-22-19(27)13-24/h1-7,12H,8-11,13H2,(H,22,27)(H,23,26). The number of nitrogens with one attached hydrogen (secondary N) is 2. The van der Waals surface area contributed by atoms with Crippen molar-refractivity contribution >= 4 is 39.3 Å². The number of sulfonamides is 1. The number of hydrogen-bond donors (Lipinski definition) is 2. The molecule has 0 unspecified atom stereocenters. The van der Waals surface area contributed by atoms with Crippen LogP contribution in [0.15, 0.2) is 53.4 Å². The van der Waals surface area contributed by atoms with Crippen LogP contribution in [-0.2, 0) is 19.6 Å². The van der Waals surface area contributed by atoms with Crippen LogP contribution < -0.4 is 10.6 Å². The van der Waals surface area contributed by atoms with Crippen molar-refractivity contribution in [3.63, 3.8) is 0 Å². The lowest BCUT2D eigenvalue weighted by atomic mass is 10.1. The van der Waals surface area contributed by atoms with Gasteiger partial charge in [0, 0.05) is 31.7 Å². The maximum Gasteiger partial charge on any atom is 0.261 e.